The van der Waals surface area contributed by atoms with Crippen molar-refractivity contribution in [3.05, 3.63) is 59.9 Å². The lowest BCUT2D eigenvalue weighted by Gasteiger charge is -2.11. The third kappa shape index (κ3) is 3.26. The van der Waals surface area contributed by atoms with Gasteiger partial charge in [0.1, 0.15) is 0 Å². The Bertz CT molecular complexity index is 511. The summed E-state index contributed by atoms with van der Waals surface area (Å²) in [5, 5.41) is 0. The highest BCUT2D eigenvalue weighted by Crippen LogP contribution is 2.37. The van der Waals surface area contributed by atoms with Crippen LogP contribution in [0.15, 0.2) is 53.6 Å². The van der Waals surface area contributed by atoms with Crippen molar-refractivity contribution in [2.24, 2.45) is 0 Å². The maximum atomic E-state index is 12.7. The zero-order valence-electron chi connectivity index (χ0n) is 9.32. The zero-order chi connectivity index (χ0) is 13.0. The highest BCUT2D eigenvalue weighted by atomic mass is 32.2. The minimum absolute atomic E-state index is 0.232. The van der Waals surface area contributed by atoms with E-state index in [1.807, 2.05) is 6.07 Å². The Balaban J connectivity index is 2.15. The van der Waals surface area contributed by atoms with Gasteiger partial charge < -0.3 is 0 Å². The van der Waals surface area contributed by atoms with E-state index >= 15 is 0 Å². The molecule has 0 aliphatic carbocycles. The number of pyridine rings is 1. The van der Waals surface area contributed by atoms with E-state index in [9.17, 15) is 13.2 Å². The van der Waals surface area contributed by atoms with Gasteiger partial charge in [0, 0.05) is 16.8 Å². The molecule has 2 aromatic rings. The number of thioether (sulfide) groups is 1. The summed E-state index contributed by atoms with van der Waals surface area (Å²) in [5.41, 5.74) is 0.172. The summed E-state index contributed by atoms with van der Waals surface area (Å²) < 4.78 is 38.2. The summed E-state index contributed by atoms with van der Waals surface area (Å²) in [7, 11) is 0. The van der Waals surface area contributed by atoms with E-state index in [2.05, 4.69) is 4.98 Å². The van der Waals surface area contributed by atoms with E-state index in [0.717, 1.165) is 23.5 Å². The second-order valence-electron chi connectivity index (χ2n) is 3.60. The van der Waals surface area contributed by atoms with Crippen LogP contribution in [0.2, 0.25) is 0 Å². The topological polar surface area (TPSA) is 12.9 Å². The van der Waals surface area contributed by atoms with Crippen molar-refractivity contribution in [2.45, 2.75) is 16.8 Å². The molecule has 0 N–H and O–H groups in total. The van der Waals surface area contributed by atoms with Crippen molar-refractivity contribution < 1.29 is 13.2 Å². The molecule has 0 saturated carbocycles. The fraction of sp³-hybridized carbons (Fsp3) is 0.154. The molecule has 5 heteroatoms. The standard InChI is InChI=1S/C13H10F3NS/c14-13(15,16)11-6-1-2-7-12(11)18-9-10-5-3-4-8-17-10/h1-8H,9H2. The van der Waals surface area contributed by atoms with Crippen LogP contribution in [-0.4, -0.2) is 4.98 Å². The molecule has 0 spiro atoms. The minimum atomic E-state index is -4.31. The summed E-state index contributed by atoms with van der Waals surface area (Å²) in [4.78, 5) is 4.32. The average Bonchev–Trinajstić information content (AvgIpc) is 2.37. The number of alkyl halides is 3. The Kier molecular flexibility index (Phi) is 3.91. The second kappa shape index (κ2) is 5.44. The van der Waals surface area contributed by atoms with Crippen molar-refractivity contribution in [3.63, 3.8) is 0 Å². The quantitative estimate of drug-likeness (QED) is 0.766. The number of hydrogen-bond donors (Lipinski definition) is 0. The summed E-state index contributed by atoms with van der Waals surface area (Å²) in [6.45, 7) is 0. The second-order valence-corrected chi connectivity index (χ2v) is 4.62. The maximum Gasteiger partial charge on any atom is 0.417 e. The molecule has 94 valence electrons. The first-order valence-corrected chi connectivity index (χ1v) is 6.25. The van der Waals surface area contributed by atoms with Gasteiger partial charge in [0.2, 0.25) is 0 Å². The van der Waals surface area contributed by atoms with Crippen LogP contribution >= 0.6 is 11.8 Å². The van der Waals surface area contributed by atoms with Crippen molar-refractivity contribution in [2.75, 3.05) is 0 Å². The monoisotopic (exact) mass is 269 g/mol. The number of rotatable bonds is 3. The van der Waals surface area contributed by atoms with Crippen molar-refractivity contribution in [1.82, 2.24) is 4.98 Å². The number of aromatic nitrogens is 1. The highest BCUT2D eigenvalue weighted by Gasteiger charge is 2.33. The summed E-state index contributed by atoms with van der Waals surface area (Å²) in [6, 6.07) is 11.0. The average molecular weight is 269 g/mol. The molecule has 1 aromatic carbocycles. The van der Waals surface area contributed by atoms with Crippen LogP contribution in [0.1, 0.15) is 11.3 Å². The Hall–Kier alpha value is -1.49. The molecule has 0 radical (unpaired) electrons. The summed E-state index contributed by atoms with van der Waals surface area (Å²) in [5.74, 6) is 0.425. The van der Waals surface area contributed by atoms with Gasteiger partial charge in [-0.3, -0.25) is 4.98 Å². The first kappa shape index (κ1) is 13.0. The molecule has 0 aliphatic rings. The molecule has 0 bridgehead atoms. The Morgan fingerprint density at radius 2 is 1.72 bits per heavy atom. The molecular formula is C13H10F3NS. The van der Waals surface area contributed by atoms with Crippen LogP contribution in [0.4, 0.5) is 13.2 Å². The molecule has 0 aliphatic heterocycles. The van der Waals surface area contributed by atoms with Crippen molar-refractivity contribution in [3.8, 4) is 0 Å². The van der Waals surface area contributed by atoms with E-state index in [1.54, 1.807) is 24.4 Å². The van der Waals surface area contributed by atoms with Crippen LogP contribution in [0.5, 0.6) is 0 Å². The smallest absolute Gasteiger partial charge is 0.260 e. The normalized spacial score (nSPS) is 11.5. The largest absolute Gasteiger partial charge is 0.417 e. The van der Waals surface area contributed by atoms with Gasteiger partial charge in [0.15, 0.2) is 0 Å². The van der Waals surface area contributed by atoms with Gasteiger partial charge in [0.05, 0.1) is 11.3 Å². The van der Waals surface area contributed by atoms with Crippen LogP contribution in [-0.2, 0) is 11.9 Å². The minimum Gasteiger partial charge on any atom is -0.260 e. The van der Waals surface area contributed by atoms with Crippen LogP contribution in [0.25, 0.3) is 0 Å². The molecule has 18 heavy (non-hydrogen) atoms. The fourth-order valence-electron chi connectivity index (χ4n) is 1.46. The maximum absolute atomic E-state index is 12.7. The lowest BCUT2D eigenvalue weighted by Crippen LogP contribution is -2.06. The van der Waals surface area contributed by atoms with Gasteiger partial charge in [0.25, 0.3) is 0 Å². The number of benzene rings is 1. The summed E-state index contributed by atoms with van der Waals surface area (Å²) in [6.07, 6.45) is -2.68. The molecule has 0 unspecified atom stereocenters. The van der Waals surface area contributed by atoms with Gasteiger partial charge in [-0.2, -0.15) is 13.2 Å². The van der Waals surface area contributed by atoms with Crippen molar-refractivity contribution in [1.29, 1.82) is 0 Å². The SMILES string of the molecule is FC(F)(F)c1ccccc1SCc1ccccn1. The molecule has 1 aromatic heterocycles. The molecule has 0 saturated heterocycles. The van der Waals surface area contributed by atoms with Gasteiger partial charge in [-0.15, -0.1) is 11.8 Å². The predicted molar refractivity (Wildman–Crippen MR) is 65.2 cm³/mol. The lowest BCUT2D eigenvalue weighted by molar-refractivity contribution is -0.139. The molecule has 1 heterocycles. The number of nitrogens with zero attached hydrogens (tertiary/aromatic N) is 1. The van der Waals surface area contributed by atoms with Crippen LogP contribution < -0.4 is 0 Å². The van der Waals surface area contributed by atoms with E-state index < -0.39 is 11.7 Å². The van der Waals surface area contributed by atoms with E-state index in [1.165, 1.54) is 12.1 Å². The molecule has 0 atom stereocenters. The number of hydrogen-bond acceptors (Lipinski definition) is 2. The van der Waals surface area contributed by atoms with E-state index in [0.29, 0.717) is 5.75 Å². The van der Waals surface area contributed by atoms with Gasteiger partial charge in [-0.25, -0.2) is 0 Å². The predicted octanol–water partition coefficient (Wildman–Crippen LogP) is 4.39. The Labute approximate surface area is 107 Å². The van der Waals surface area contributed by atoms with E-state index in [-0.39, 0.29) is 4.90 Å². The molecular weight excluding hydrogens is 259 g/mol. The number of halogens is 3. The third-order valence-electron chi connectivity index (χ3n) is 2.29. The molecule has 1 nitrogen and oxygen atoms in total. The van der Waals surface area contributed by atoms with Crippen LogP contribution in [0.3, 0.4) is 0 Å². The summed E-state index contributed by atoms with van der Waals surface area (Å²) >= 11 is 1.14. The Morgan fingerprint density at radius 1 is 1.00 bits per heavy atom. The zero-order valence-corrected chi connectivity index (χ0v) is 10.1. The lowest BCUT2D eigenvalue weighted by atomic mass is 10.2. The molecule has 2 rings (SSSR count). The highest BCUT2D eigenvalue weighted by molar-refractivity contribution is 7.98. The van der Waals surface area contributed by atoms with Gasteiger partial charge in [-0.1, -0.05) is 18.2 Å². The van der Waals surface area contributed by atoms with E-state index in [4.69, 9.17) is 0 Å². The fourth-order valence-corrected chi connectivity index (χ4v) is 2.45. The van der Waals surface area contributed by atoms with Crippen LogP contribution in [0, 0.1) is 0 Å². The van der Waals surface area contributed by atoms with Gasteiger partial charge >= 0.3 is 6.18 Å². The van der Waals surface area contributed by atoms with Crippen molar-refractivity contribution >= 4 is 11.8 Å². The molecule has 0 fully saturated rings. The first-order valence-electron chi connectivity index (χ1n) is 5.26. The third-order valence-corrected chi connectivity index (χ3v) is 3.40. The molecule has 0 amide bonds. The Morgan fingerprint density at radius 3 is 2.39 bits per heavy atom. The van der Waals surface area contributed by atoms with Gasteiger partial charge in [-0.05, 0) is 24.3 Å². The first-order chi connectivity index (χ1) is 8.57.